The highest BCUT2D eigenvalue weighted by molar-refractivity contribution is 8.26. The van der Waals surface area contributed by atoms with E-state index in [1.165, 1.54) is 22.3 Å². The summed E-state index contributed by atoms with van der Waals surface area (Å²) in [5.41, 5.74) is 2.15. The molecule has 9 nitrogen and oxygen atoms in total. The molecular formula is C25H25N5O4S. The molecule has 180 valence electrons. The fraction of sp³-hybridized carbons (Fsp3) is 0.280. The quantitative estimate of drug-likeness (QED) is 0.489. The Morgan fingerprint density at radius 2 is 1.63 bits per heavy atom. The maximum absolute atomic E-state index is 12.7. The van der Waals surface area contributed by atoms with E-state index in [9.17, 15) is 4.79 Å². The first-order valence-corrected chi connectivity index (χ1v) is 12.1. The number of aliphatic imine (C=N–C) groups is 1. The van der Waals surface area contributed by atoms with Crippen molar-refractivity contribution in [3.05, 3.63) is 65.2 Å². The summed E-state index contributed by atoms with van der Waals surface area (Å²) in [6.07, 6.45) is 1.65. The van der Waals surface area contributed by atoms with Crippen molar-refractivity contribution >= 4 is 39.9 Å². The normalized spacial score (nSPS) is 18.9. The fourth-order valence-electron chi connectivity index (χ4n) is 3.64. The molecule has 5 rings (SSSR count). The molecule has 3 heterocycles. The van der Waals surface area contributed by atoms with Crippen molar-refractivity contribution in [3.63, 3.8) is 0 Å². The van der Waals surface area contributed by atoms with Gasteiger partial charge in [0.05, 0.1) is 18.8 Å². The van der Waals surface area contributed by atoms with Gasteiger partial charge in [-0.2, -0.15) is 10.0 Å². The van der Waals surface area contributed by atoms with Crippen LogP contribution in [0.5, 0.6) is 11.5 Å². The van der Waals surface area contributed by atoms with Crippen molar-refractivity contribution in [1.29, 1.82) is 5.41 Å². The molecule has 0 aromatic heterocycles. The molecule has 0 radical (unpaired) electrons. The molecule has 1 saturated heterocycles. The van der Waals surface area contributed by atoms with Crippen molar-refractivity contribution in [2.24, 2.45) is 10.1 Å². The van der Waals surface area contributed by atoms with Gasteiger partial charge in [-0.1, -0.05) is 29.8 Å². The number of nitrogens with one attached hydrogen (secondary N) is 1. The van der Waals surface area contributed by atoms with E-state index >= 15 is 0 Å². The minimum Gasteiger partial charge on any atom is -0.490 e. The van der Waals surface area contributed by atoms with E-state index in [-0.39, 0.29) is 11.4 Å². The van der Waals surface area contributed by atoms with E-state index in [0.29, 0.717) is 37.3 Å². The zero-order valence-electron chi connectivity index (χ0n) is 19.3. The lowest BCUT2D eigenvalue weighted by atomic mass is 10.1. The van der Waals surface area contributed by atoms with Gasteiger partial charge in [-0.3, -0.25) is 10.2 Å². The minimum absolute atomic E-state index is 0.0179. The van der Waals surface area contributed by atoms with Crippen LogP contribution in [-0.2, 0) is 9.53 Å². The van der Waals surface area contributed by atoms with Crippen molar-refractivity contribution in [2.75, 3.05) is 39.5 Å². The monoisotopic (exact) mass is 491 g/mol. The predicted molar refractivity (Wildman–Crippen MR) is 136 cm³/mol. The van der Waals surface area contributed by atoms with E-state index in [4.69, 9.17) is 19.6 Å². The number of rotatable bonds is 6. The second-order valence-electron chi connectivity index (χ2n) is 8.08. The number of hydrogen-bond acceptors (Lipinski definition) is 8. The number of nitrogens with zero attached hydrogens (tertiary/aromatic N) is 4. The highest BCUT2D eigenvalue weighted by atomic mass is 32.2. The van der Waals surface area contributed by atoms with Gasteiger partial charge in [0.1, 0.15) is 24.7 Å². The number of amidine groups is 3. The van der Waals surface area contributed by atoms with Crippen LogP contribution >= 0.6 is 11.8 Å². The highest BCUT2D eigenvalue weighted by Gasteiger charge is 2.37. The van der Waals surface area contributed by atoms with Crippen LogP contribution in [-0.4, -0.2) is 71.5 Å². The van der Waals surface area contributed by atoms with E-state index in [1.54, 1.807) is 6.08 Å². The maximum atomic E-state index is 12.7. The summed E-state index contributed by atoms with van der Waals surface area (Å²) in [4.78, 5) is 18.9. The summed E-state index contributed by atoms with van der Waals surface area (Å²) >= 11 is 1.31. The van der Waals surface area contributed by atoms with Crippen LogP contribution in [0.2, 0.25) is 0 Å². The van der Waals surface area contributed by atoms with Crippen LogP contribution in [0.1, 0.15) is 11.1 Å². The van der Waals surface area contributed by atoms with Gasteiger partial charge in [-0.15, -0.1) is 5.10 Å². The molecular weight excluding hydrogens is 466 g/mol. The van der Waals surface area contributed by atoms with Crippen LogP contribution < -0.4 is 9.47 Å². The molecule has 1 N–H and O–H groups in total. The average Bonchev–Trinajstić information content (AvgIpc) is 3.31. The van der Waals surface area contributed by atoms with Crippen LogP contribution in [0.3, 0.4) is 0 Å². The molecule has 1 fully saturated rings. The summed E-state index contributed by atoms with van der Waals surface area (Å²) in [5, 5.41) is 15.6. The smallest absolute Gasteiger partial charge is 0.283 e. The number of aryl methyl sites for hydroxylation is 1. The molecule has 10 heteroatoms. The number of hydrogen-bond donors (Lipinski definition) is 1. The van der Waals surface area contributed by atoms with E-state index in [1.807, 2.05) is 55.5 Å². The van der Waals surface area contributed by atoms with Gasteiger partial charge < -0.3 is 19.1 Å². The van der Waals surface area contributed by atoms with Crippen molar-refractivity contribution in [1.82, 2.24) is 9.91 Å². The number of benzene rings is 2. The third-order valence-electron chi connectivity index (χ3n) is 5.56. The van der Waals surface area contributed by atoms with E-state index in [0.717, 1.165) is 29.6 Å². The first kappa shape index (κ1) is 23.1. The second kappa shape index (κ2) is 10.3. The molecule has 35 heavy (non-hydrogen) atoms. The Labute approximate surface area is 207 Å². The van der Waals surface area contributed by atoms with Crippen LogP contribution in [0, 0.1) is 12.3 Å². The van der Waals surface area contributed by atoms with Crippen molar-refractivity contribution in [3.8, 4) is 11.5 Å². The topological polar surface area (TPSA) is 99.8 Å². The molecule has 0 saturated carbocycles. The largest absolute Gasteiger partial charge is 0.490 e. The summed E-state index contributed by atoms with van der Waals surface area (Å²) in [6.45, 7) is 5.59. The zero-order chi connectivity index (χ0) is 24.2. The Balaban J connectivity index is 1.19. The molecule has 0 unspecified atom stereocenters. The Morgan fingerprint density at radius 3 is 2.29 bits per heavy atom. The van der Waals surface area contributed by atoms with Gasteiger partial charge in [-0.05, 0) is 54.6 Å². The van der Waals surface area contributed by atoms with Crippen LogP contribution in [0.4, 0.5) is 0 Å². The summed E-state index contributed by atoms with van der Waals surface area (Å²) < 4.78 is 16.8. The molecule has 0 bridgehead atoms. The van der Waals surface area contributed by atoms with Gasteiger partial charge in [0.2, 0.25) is 5.17 Å². The first-order valence-electron chi connectivity index (χ1n) is 11.3. The second-order valence-corrected chi connectivity index (χ2v) is 9.02. The third kappa shape index (κ3) is 5.39. The molecule has 0 aliphatic carbocycles. The van der Waals surface area contributed by atoms with Gasteiger partial charge in [0.25, 0.3) is 5.91 Å². The van der Waals surface area contributed by atoms with Gasteiger partial charge in [-0.25, -0.2) is 0 Å². The highest BCUT2D eigenvalue weighted by Crippen LogP contribution is 2.30. The summed E-state index contributed by atoms with van der Waals surface area (Å²) in [6, 6.07) is 15.2. The molecule has 0 atom stereocenters. The number of carbonyl (C=O) groups is 1. The molecule has 2 aromatic rings. The number of fused-ring (bicyclic) bond motifs is 1. The number of hydrazone groups is 1. The Kier molecular flexibility index (Phi) is 6.82. The Hall–Kier alpha value is -3.63. The number of carbonyl (C=O) groups excluding carboxylic acids is 1. The zero-order valence-corrected chi connectivity index (χ0v) is 20.1. The number of morpholine rings is 1. The van der Waals surface area contributed by atoms with Crippen molar-refractivity contribution in [2.45, 2.75) is 6.92 Å². The molecule has 3 aliphatic heterocycles. The lowest BCUT2D eigenvalue weighted by Gasteiger charge is -2.26. The molecule has 0 spiro atoms. The predicted octanol–water partition coefficient (Wildman–Crippen LogP) is 3.36. The SMILES string of the molecule is Cc1ccc(OCCOc2ccc(/C=C3/C(=N)N4N=C(N5CCOCC5)SC4=NC3=O)cc2)cc1. The average molecular weight is 492 g/mol. The number of thioether (sulfide) groups is 1. The Bertz CT molecular complexity index is 1200. The molecule has 1 amide bonds. The molecule has 3 aliphatic rings. The molecule has 2 aromatic carbocycles. The van der Waals surface area contributed by atoms with Gasteiger partial charge in [0.15, 0.2) is 11.0 Å². The van der Waals surface area contributed by atoms with Crippen LogP contribution in [0.25, 0.3) is 6.08 Å². The van der Waals surface area contributed by atoms with E-state index in [2.05, 4.69) is 15.0 Å². The lowest BCUT2D eigenvalue weighted by molar-refractivity contribution is -0.114. The van der Waals surface area contributed by atoms with Crippen molar-refractivity contribution < 1.29 is 19.0 Å². The third-order valence-corrected chi connectivity index (χ3v) is 6.53. The number of ether oxygens (including phenoxy) is 3. The maximum Gasteiger partial charge on any atom is 0.283 e. The van der Waals surface area contributed by atoms with Crippen LogP contribution in [0.15, 0.2) is 64.2 Å². The number of amides is 1. The summed E-state index contributed by atoms with van der Waals surface area (Å²) in [5.74, 6) is 1.08. The van der Waals surface area contributed by atoms with Gasteiger partial charge >= 0.3 is 0 Å². The van der Waals surface area contributed by atoms with Gasteiger partial charge in [0, 0.05) is 13.1 Å². The fourth-order valence-corrected chi connectivity index (χ4v) is 4.59. The summed E-state index contributed by atoms with van der Waals surface area (Å²) in [7, 11) is 0. The minimum atomic E-state index is -0.444. The Morgan fingerprint density at radius 1 is 1.00 bits per heavy atom. The van der Waals surface area contributed by atoms with E-state index < -0.39 is 5.91 Å². The standard InChI is InChI=1S/C25H25N5O4S/c1-17-2-6-19(7-3-17)33-14-15-34-20-8-4-18(5-9-20)16-21-22(26)30-24(27-23(21)31)35-25(28-30)29-10-12-32-13-11-29/h2-9,16,26H,10-15H2,1H3/b21-16-,26-22?. The first-order chi connectivity index (χ1) is 17.1. The lowest BCUT2D eigenvalue weighted by Crippen LogP contribution is -2.39.